The van der Waals surface area contributed by atoms with E-state index in [4.69, 9.17) is 5.11 Å². The highest BCUT2D eigenvalue weighted by atomic mass is 16.3. The molecular weight excluding hydrogens is 196 g/mol. The van der Waals surface area contributed by atoms with Crippen molar-refractivity contribution < 1.29 is 9.90 Å². The molecule has 0 saturated carbocycles. The van der Waals surface area contributed by atoms with Gasteiger partial charge in [0, 0.05) is 25.8 Å². The van der Waals surface area contributed by atoms with Crippen molar-refractivity contribution in [3.63, 3.8) is 0 Å². The molecule has 0 aliphatic heterocycles. The number of nitrogens with zero attached hydrogens (tertiary/aromatic N) is 3. The molecule has 1 aromatic heterocycles. The van der Waals surface area contributed by atoms with E-state index in [9.17, 15) is 4.79 Å². The van der Waals surface area contributed by atoms with Gasteiger partial charge in [0.2, 0.25) is 5.91 Å². The Hall–Kier alpha value is -1.43. The van der Waals surface area contributed by atoms with Gasteiger partial charge < -0.3 is 10.4 Å². The van der Waals surface area contributed by atoms with Crippen LogP contribution in [-0.2, 0) is 17.8 Å². The summed E-state index contributed by atoms with van der Waals surface area (Å²) in [5.41, 5.74) is 0.695. The fourth-order valence-corrected chi connectivity index (χ4v) is 1.11. The van der Waals surface area contributed by atoms with Crippen LogP contribution in [0, 0.1) is 0 Å². The largest absolute Gasteiger partial charge is 0.396 e. The Morgan fingerprint density at radius 1 is 1.67 bits per heavy atom. The summed E-state index contributed by atoms with van der Waals surface area (Å²) in [5, 5.41) is 19.0. The fraction of sp³-hybridized carbons (Fsp3) is 0.667. The Morgan fingerprint density at radius 2 is 2.47 bits per heavy atom. The highest BCUT2D eigenvalue weighted by Crippen LogP contribution is 1.93. The summed E-state index contributed by atoms with van der Waals surface area (Å²) in [6, 6.07) is 0. The first-order chi connectivity index (χ1) is 7.26. The maximum absolute atomic E-state index is 11.3. The van der Waals surface area contributed by atoms with Crippen molar-refractivity contribution in [2.24, 2.45) is 0 Å². The molecule has 2 N–H and O–H groups in total. The Bertz CT molecular complexity index is 311. The average Bonchev–Trinajstić information content (AvgIpc) is 2.63. The first-order valence-electron chi connectivity index (χ1n) is 5.02. The van der Waals surface area contributed by atoms with Crippen molar-refractivity contribution in [1.82, 2.24) is 20.3 Å². The van der Waals surface area contributed by atoms with Crippen LogP contribution < -0.4 is 5.32 Å². The molecule has 0 bridgehead atoms. The molecule has 0 spiro atoms. The number of aliphatic hydroxyl groups excluding tert-OH is 1. The lowest BCUT2D eigenvalue weighted by molar-refractivity contribution is -0.121. The van der Waals surface area contributed by atoms with Crippen molar-refractivity contribution in [2.45, 2.75) is 26.3 Å². The van der Waals surface area contributed by atoms with Gasteiger partial charge in [-0.15, -0.1) is 5.10 Å². The van der Waals surface area contributed by atoms with Crippen molar-refractivity contribution in [3.05, 3.63) is 11.9 Å². The Morgan fingerprint density at radius 3 is 3.13 bits per heavy atom. The van der Waals surface area contributed by atoms with Gasteiger partial charge >= 0.3 is 0 Å². The Labute approximate surface area is 88.3 Å². The normalized spacial score (nSPS) is 10.3. The monoisotopic (exact) mass is 212 g/mol. The molecule has 0 radical (unpaired) electrons. The molecule has 0 aliphatic rings. The minimum atomic E-state index is -0.0719. The van der Waals surface area contributed by atoms with Crippen LogP contribution in [0.4, 0.5) is 0 Å². The van der Waals surface area contributed by atoms with E-state index in [-0.39, 0.29) is 19.1 Å². The summed E-state index contributed by atoms with van der Waals surface area (Å²) in [6.07, 6.45) is 3.05. The van der Waals surface area contributed by atoms with Crippen molar-refractivity contribution in [2.75, 3.05) is 13.2 Å². The van der Waals surface area contributed by atoms with Crippen LogP contribution in [0.2, 0.25) is 0 Å². The summed E-state index contributed by atoms with van der Waals surface area (Å²) in [7, 11) is 0. The zero-order chi connectivity index (χ0) is 11.1. The molecule has 0 fully saturated rings. The third-order valence-corrected chi connectivity index (χ3v) is 1.83. The average molecular weight is 212 g/mol. The minimum Gasteiger partial charge on any atom is -0.396 e. The van der Waals surface area contributed by atoms with E-state index in [0.717, 1.165) is 6.42 Å². The van der Waals surface area contributed by atoms with Crippen LogP contribution in [0.3, 0.4) is 0 Å². The topological polar surface area (TPSA) is 80.0 Å². The molecule has 1 amide bonds. The molecule has 6 nitrogen and oxygen atoms in total. The number of rotatable bonds is 6. The molecule has 15 heavy (non-hydrogen) atoms. The number of amides is 1. The molecule has 0 atom stereocenters. The fourth-order valence-electron chi connectivity index (χ4n) is 1.11. The minimum absolute atomic E-state index is 0.0424. The van der Waals surface area contributed by atoms with E-state index in [1.165, 1.54) is 4.68 Å². The molecule has 0 unspecified atom stereocenters. The number of aromatic nitrogens is 3. The zero-order valence-electron chi connectivity index (χ0n) is 8.81. The van der Waals surface area contributed by atoms with Gasteiger partial charge in [-0.2, -0.15) is 0 Å². The van der Waals surface area contributed by atoms with Crippen molar-refractivity contribution in [3.8, 4) is 0 Å². The third-order valence-electron chi connectivity index (χ3n) is 1.83. The van der Waals surface area contributed by atoms with Gasteiger partial charge in [-0.05, 0) is 6.42 Å². The third kappa shape index (κ3) is 4.07. The van der Waals surface area contributed by atoms with Crippen LogP contribution in [0.5, 0.6) is 0 Å². The van der Waals surface area contributed by atoms with E-state index in [0.29, 0.717) is 18.7 Å². The van der Waals surface area contributed by atoms with Gasteiger partial charge in [0.1, 0.15) is 6.54 Å². The lowest BCUT2D eigenvalue weighted by Gasteiger charge is -2.01. The molecule has 1 aromatic rings. The lowest BCUT2D eigenvalue weighted by Crippen LogP contribution is -2.28. The number of carbonyl (C=O) groups excluding carboxylic acids is 1. The summed E-state index contributed by atoms with van der Waals surface area (Å²) in [6.45, 7) is 2.89. The van der Waals surface area contributed by atoms with E-state index in [1.807, 2.05) is 6.92 Å². The molecule has 1 rings (SSSR count). The quantitative estimate of drug-likeness (QED) is 0.656. The highest BCUT2D eigenvalue weighted by Gasteiger charge is 2.04. The van der Waals surface area contributed by atoms with E-state index in [1.54, 1.807) is 6.20 Å². The number of hydrogen-bond acceptors (Lipinski definition) is 4. The Balaban J connectivity index is 2.39. The van der Waals surface area contributed by atoms with Crippen molar-refractivity contribution in [1.29, 1.82) is 0 Å². The van der Waals surface area contributed by atoms with Crippen molar-refractivity contribution >= 4 is 5.91 Å². The van der Waals surface area contributed by atoms with E-state index < -0.39 is 0 Å². The van der Waals surface area contributed by atoms with Crippen LogP contribution in [-0.4, -0.2) is 39.2 Å². The lowest BCUT2D eigenvalue weighted by atomic mass is 10.3. The number of carbonyl (C=O) groups is 1. The number of hydrogen-bond donors (Lipinski definition) is 2. The van der Waals surface area contributed by atoms with Crippen LogP contribution >= 0.6 is 0 Å². The highest BCUT2D eigenvalue weighted by molar-refractivity contribution is 5.75. The van der Waals surface area contributed by atoms with Crippen LogP contribution in [0.1, 0.15) is 19.0 Å². The van der Waals surface area contributed by atoms with Gasteiger partial charge in [0.15, 0.2) is 0 Å². The van der Waals surface area contributed by atoms with Gasteiger partial charge in [0.05, 0.1) is 5.69 Å². The summed E-state index contributed by atoms with van der Waals surface area (Å²) in [4.78, 5) is 11.3. The predicted molar refractivity (Wildman–Crippen MR) is 54.1 cm³/mol. The predicted octanol–water partition coefficient (Wildman–Crippen LogP) is -0.661. The summed E-state index contributed by atoms with van der Waals surface area (Å²) >= 11 is 0. The van der Waals surface area contributed by atoms with Crippen LogP contribution in [0.15, 0.2) is 6.20 Å². The molecule has 6 heteroatoms. The molecule has 0 aliphatic carbocycles. The molecule has 0 aromatic carbocycles. The van der Waals surface area contributed by atoms with Gasteiger partial charge in [-0.25, -0.2) is 4.68 Å². The summed E-state index contributed by atoms with van der Waals surface area (Å²) < 4.78 is 1.47. The SMILES string of the molecule is CCCNC(=O)Cn1cc(CCO)nn1. The first kappa shape index (κ1) is 11.6. The van der Waals surface area contributed by atoms with E-state index >= 15 is 0 Å². The van der Waals surface area contributed by atoms with Crippen LogP contribution in [0.25, 0.3) is 0 Å². The van der Waals surface area contributed by atoms with Gasteiger partial charge in [-0.1, -0.05) is 12.1 Å². The zero-order valence-corrected chi connectivity index (χ0v) is 8.81. The maximum atomic E-state index is 11.3. The second-order valence-corrected chi connectivity index (χ2v) is 3.23. The maximum Gasteiger partial charge on any atom is 0.241 e. The second kappa shape index (κ2) is 6.13. The number of aliphatic hydroxyl groups is 1. The van der Waals surface area contributed by atoms with Gasteiger partial charge in [0.25, 0.3) is 0 Å². The van der Waals surface area contributed by atoms with E-state index in [2.05, 4.69) is 15.6 Å². The number of nitrogens with one attached hydrogen (secondary N) is 1. The molecule has 0 saturated heterocycles. The molecule has 84 valence electrons. The second-order valence-electron chi connectivity index (χ2n) is 3.23. The molecule has 1 heterocycles. The standard InChI is InChI=1S/C9H16N4O2/c1-2-4-10-9(15)7-13-6-8(3-5-14)11-12-13/h6,14H,2-5,7H2,1H3,(H,10,15). The molecular formula is C9H16N4O2. The Kier molecular flexibility index (Phi) is 4.76. The first-order valence-corrected chi connectivity index (χ1v) is 5.02. The van der Waals surface area contributed by atoms with Gasteiger partial charge in [-0.3, -0.25) is 4.79 Å². The smallest absolute Gasteiger partial charge is 0.241 e. The summed E-state index contributed by atoms with van der Waals surface area (Å²) in [5.74, 6) is -0.0719.